The highest BCUT2D eigenvalue weighted by Crippen LogP contribution is 2.27. The van der Waals surface area contributed by atoms with Crippen molar-refractivity contribution in [3.63, 3.8) is 0 Å². The van der Waals surface area contributed by atoms with Crippen molar-refractivity contribution >= 4 is 17.5 Å². The minimum Gasteiger partial charge on any atom is -0.342 e. The van der Waals surface area contributed by atoms with Crippen molar-refractivity contribution in [1.82, 2.24) is 20.0 Å². The number of rotatable bonds is 3. The normalized spacial score (nSPS) is 28.6. The van der Waals surface area contributed by atoms with Crippen LogP contribution in [0, 0.1) is 5.92 Å². The standard InChI is InChI=1S/C18H27N5O2/c24-17-10-14(13-23(17)16-11-19-20-12-16)18(25)22-8-3-4-15(5-9-22)21-6-1-2-7-21/h11-12,14-15H,1-10,13H2,(H,19,20). The van der Waals surface area contributed by atoms with E-state index >= 15 is 0 Å². The topological polar surface area (TPSA) is 72.5 Å². The fourth-order valence-corrected chi connectivity index (χ4v) is 4.54. The molecule has 25 heavy (non-hydrogen) atoms. The van der Waals surface area contributed by atoms with Gasteiger partial charge in [-0.15, -0.1) is 0 Å². The van der Waals surface area contributed by atoms with Crippen LogP contribution >= 0.6 is 0 Å². The van der Waals surface area contributed by atoms with Crippen molar-refractivity contribution < 1.29 is 9.59 Å². The first-order valence-corrected chi connectivity index (χ1v) is 9.54. The molecule has 7 nitrogen and oxygen atoms in total. The third-order valence-corrected chi connectivity index (χ3v) is 5.94. The summed E-state index contributed by atoms with van der Waals surface area (Å²) >= 11 is 0. The lowest BCUT2D eigenvalue weighted by molar-refractivity contribution is -0.135. The molecule has 4 heterocycles. The molecule has 1 aromatic rings. The molecule has 0 aromatic carbocycles. The quantitative estimate of drug-likeness (QED) is 0.895. The van der Waals surface area contributed by atoms with E-state index in [9.17, 15) is 9.59 Å². The Bertz CT molecular complexity index is 611. The summed E-state index contributed by atoms with van der Waals surface area (Å²) < 4.78 is 0. The second-order valence-electron chi connectivity index (χ2n) is 7.51. The zero-order valence-corrected chi connectivity index (χ0v) is 14.7. The first kappa shape index (κ1) is 16.6. The van der Waals surface area contributed by atoms with Crippen LogP contribution < -0.4 is 4.90 Å². The Morgan fingerprint density at radius 1 is 1.12 bits per heavy atom. The maximum Gasteiger partial charge on any atom is 0.228 e. The Labute approximate surface area is 148 Å². The number of anilines is 1. The molecule has 2 atom stereocenters. The molecule has 3 aliphatic heterocycles. The number of carbonyl (C=O) groups is 2. The summed E-state index contributed by atoms with van der Waals surface area (Å²) in [5.74, 6) is -0.0448. The fraction of sp³-hybridized carbons (Fsp3) is 0.722. The van der Waals surface area contributed by atoms with E-state index in [0.717, 1.165) is 31.6 Å². The van der Waals surface area contributed by atoms with Gasteiger partial charge in [0.2, 0.25) is 11.8 Å². The molecule has 3 aliphatic rings. The van der Waals surface area contributed by atoms with E-state index in [-0.39, 0.29) is 17.7 Å². The zero-order chi connectivity index (χ0) is 17.2. The molecule has 0 bridgehead atoms. The summed E-state index contributed by atoms with van der Waals surface area (Å²) in [6.45, 7) is 4.57. The molecule has 7 heteroatoms. The lowest BCUT2D eigenvalue weighted by Crippen LogP contribution is -2.39. The van der Waals surface area contributed by atoms with Crippen LogP contribution in [0.1, 0.15) is 38.5 Å². The molecule has 0 radical (unpaired) electrons. The second kappa shape index (κ2) is 7.15. The van der Waals surface area contributed by atoms with Gasteiger partial charge in [-0.25, -0.2) is 0 Å². The number of aromatic nitrogens is 2. The maximum atomic E-state index is 13.0. The largest absolute Gasteiger partial charge is 0.342 e. The van der Waals surface area contributed by atoms with Crippen LogP contribution in [0.3, 0.4) is 0 Å². The third-order valence-electron chi connectivity index (χ3n) is 5.94. The third kappa shape index (κ3) is 3.42. The first-order valence-electron chi connectivity index (χ1n) is 9.54. The summed E-state index contributed by atoms with van der Waals surface area (Å²) in [5.41, 5.74) is 0.755. The predicted octanol–water partition coefficient (Wildman–Crippen LogP) is 1.24. The van der Waals surface area contributed by atoms with Gasteiger partial charge in [0, 0.05) is 38.3 Å². The number of nitrogens with zero attached hydrogens (tertiary/aromatic N) is 4. The molecular weight excluding hydrogens is 318 g/mol. The SMILES string of the molecule is O=C(C1CC(=O)N(c2cn[nH]c2)C1)N1CCCC(N2CCCC2)CC1. The Morgan fingerprint density at radius 2 is 1.96 bits per heavy atom. The number of nitrogens with one attached hydrogen (secondary N) is 1. The van der Waals surface area contributed by atoms with Crippen LogP contribution in [-0.2, 0) is 9.59 Å². The number of aromatic amines is 1. The van der Waals surface area contributed by atoms with Crippen LogP contribution in [0.2, 0.25) is 0 Å². The Kier molecular flexibility index (Phi) is 4.74. The van der Waals surface area contributed by atoms with Gasteiger partial charge in [-0.3, -0.25) is 14.7 Å². The van der Waals surface area contributed by atoms with Gasteiger partial charge in [0.15, 0.2) is 0 Å². The minimum absolute atomic E-state index is 0.0181. The Hall–Kier alpha value is -1.89. The molecule has 2 amide bonds. The van der Waals surface area contributed by atoms with Gasteiger partial charge >= 0.3 is 0 Å². The minimum atomic E-state index is -0.217. The summed E-state index contributed by atoms with van der Waals surface area (Å²) in [6.07, 6.45) is 9.61. The number of carbonyl (C=O) groups excluding carboxylic acids is 2. The smallest absolute Gasteiger partial charge is 0.228 e. The molecule has 136 valence electrons. The van der Waals surface area contributed by atoms with Gasteiger partial charge in [-0.2, -0.15) is 5.10 Å². The van der Waals surface area contributed by atoms with Crippen LogP contribution in [0.15, 0.2) is 12.4 Å². The van der Waals surface area contributed by atoms with Crippen LogP contribution in [0.25, 0.3) is 0 Å². The molecule has 0 aliphatic carbocycles. The highest BCUT2D eigenvalue weighted by Gasteiger charge is 2.38. The van der Waals surface area contributed by atoms with Crippen molar-refractivity contribution in [3.05, 3.63) is 12.4 Å². The average molecular weight is 345 g/mol. The van der Waals surface area contributed by atoms with E-state index in [1.54, 1.807) is 17.3 Å². The fourth-order valence-electron chi connectivity index (χ4n) is 4.54. The number of amides is 2. The van der Waals surface area contributed by atoms with Gasteiger partial charge in [0.05, 0.1) is 17.8 Å². The average Bonchev–Trinajstić information content (AvgIpc) is 3.34. The summed E-state index contributed by atoms with van der Waals surface area (Å²) in [4.78, 5) is 31.5. The van der Waals surface area contributed by atoms with Crippen molar-refractivity contribution in [2.24, 2.45) is 5.92 Å². The molecule has 1 aromatic heterocycles. The molecular formula is C18H27N5O2. The van der Waals surface area contributed by atoms with E-state index < -0.39 is 0 Å². The highest BCUT2D eigenvalue weighted by atomic mass is 16.2. The van der Waals surface area contributed by atoms with E-state index in [1.165, 1.54) is 32.4 Å². The van der Waals surface area contributed by atoms with E-state index in [4.69, 9.17) is 0 Å². The highest BCUT2D eigenvalue weighted by molar-refractivity contribution is 6.00. The number of hydrogen-bond acceptors (Lipinski definition) is 4. The lowest BCUT2D eigenvalue weighted by Gasteiger charge is -2.27. The van der Waals surface area contributed by atoms with Gasteiger partial charge in [0.1, 0.15) is 0 Å². The Morgan fingerprint density at radius 3 is 2.72 bits per heavy atom. The van der Waals surface area contributed by atoms with Crippen molar-refractivity contribution in [3.8, 4) is 0 Å². The number of hydrogen-bond donors (Lipinski definition) is 1. The summed E-state index contributed by atoms with van der Waals surface area (Å²) in [6, 6.07) is 0.632. The Balaban J connectivity index is 1.35. The number of likely N-dealkylation sites (tertiary alicyclic amines) is 2. The van der Waals surface area contributed by atoms with Crippen molar-refractivity contribution in [2.75, 3.05) is 37.6 Å². The van der Waals surface area contributed by atoms with E-state index in [0.29, 0.717) is 19.0 Å². The molecule has 1 N–H and O–H groups in total. The summed E-state index contributed by atoms with van der Waals surface area (Å²) in [7, 11) is 0. The van der Waals surface area contributed by atoms with Crippen molar-refractivity contribution in [2.45, 2.75) is 44.6 Å². The van der Waals surface area contributed by atoms with Crippen molar-refractivity contribution in [1.29, 1.82) is 0 Å². The molecule has 0 spiro atoms. The summed E-state index contributed by atoms with van der Waals surface area (Å²) in [5, 5.41) is 6.63. The van der Waals surface area contributed by atoms with Crippen LogP contribution in [0.4, 0.5) is 5.69 Å². The van der Waals surface area contributed by atoms with Gasteiger partial charge in [-0.1, -0.05) is 0 Å². The van der Waals surface area contributed by atoms with Gasteiger partial charge < -0.3 is 14.7 Å². The van der Waals surface area contributed by atoms with E-state index in [2.05, 4.69) is 15.1 Å². The monoisotopic (exact) mass is 345 g/mol. The zero-order valence-electron chi connectivity index (χ0n) is 14.7. The molecule has 3 saturated heterocycles. The first-order chi connectivity index (χ1) is 12.2. The molecule has 0 saturated carbocycles. The number of H-pyrrole nitrogens is 1. The lowest BCUT2D eigenvalue weighted by atomic mass is 10.1. The second-order valence-corrected chi connectivity index (χ2v) is 7.51. The maximum absolute atomic E-state index is 13.0. The van der Waals surface area contributed by atoms with Crippen LogP contribution in [0.5, 0.6) is 0 Å². The molecule has 3 fully saturated rings. The van der Waals surface area contributed by atoms with Gasteiger partial charge in [-0.05, 0) is 45.2 Å². The van der Waals surface area contributed by atoms with Crippen LogP contribution in [-0.4, -0.2) is 70.6 Å². The molecule has 2 unspecified atom stereocenters. The van der Waals surface area contributed by atoms with E-state index in [1.807, 2.05) is 4.90 Å². The molecule has 4 rings (SSSR count). The predicted molar refractivity (Wildman–Crippen MR) is 94.1 cm³/mol. The van der Waals surface area contributed by atoms with Gasteiger partial charge in [0.25, 0.3) is 0 Å².